The van der Waals surface area contributed by atoms with Crippen molar-refractivity contribution in [2.24, 2.45) is 23.7 Å². The van der Waals surface area contributed by atoms with Crippen LogP contribution in [-0.4, -0.2) is 82.5 Å². The molecular formula is C45H67N3O8. The van der Waals surface area contributed by atoms with Crippen molar-refractivity contribution in [2.45, 2.75) is 138 Å². The third-order valence-corrected chi connectivity index (χ3v) is 9.64. The van der Waals surface area contributed by atoms with Crippen LogP contribution in [0.5, 0.6) is 0 Å². The van der Waals surface area contributed by atoms with Crippen LogP contribution in [0.4, 0.5) is 15.3 Å². The van der Waals surface area contributed by atoms with E-state index in [0.29, 0.717) is 58.4 Å². The maximum absolute atomic E-state index is 13.6. The van der Waals surface area contributed by atoms with Crippen LogP contribution in [0, 0.1) is 23.7 Å². The minimum atomic E-state index is -0.638. The van der Waals surface area contributed by atoms with Gasteiger partial charge in [0.25, 0.3) is 0 Å². The number of benzene rings is 2. The first-order chi connectivity index (χ1) is 25.8. The second kappa shape index (κ2) is 17.9. The Hall–Kier alpha value is -4.28. The van der Waals surface area contributed by atoms with Gasteiger partial charge in [0, 0.05) is 38.4 Å². The quantitative estimate of drug-likeness (QED) is 0.176. The number of nitrogens with one attached hydrogen (secondary N) is 1. The van der Waals surface area contributed by atoms with E-state index in [1.807, 2.05) is 113 Å². The summed E-state index contributed by atoms with van der Waals surface area (Å²) in [6.45, 7) is 24.8. The van der Waals surface area contributed by atoms with Gasteiger partial charge in [-0.1, -0.05) is 36.4 Å². The highest BCUT2D eigenvalue weighted by Gasteiger charge is 2.40. The molecule has 1 N–H and O–H groups in total. The van der Waals surface area contributed by atoms with Crippen LogP contribution in [0.2, 0.25) is 0 Å². The lowest BCUT2D eigenvalue weighted by molar-refractivity contribution is -0.163. The zero-order chi connectivity index (χ0) is 41.6. The topological polar surface area (TPSA) is 124 Å². The van der Waals surface area contributed by atoms with Gasteiger partial charge in [0.1, 0.15) is 22.4 Å². The molecule has 11 heteroatoms. The summed E-state index contributed by atoms with van der Waals surface area (Å²) in [5.41, 5.74) is 1.51. The van der Waals surface area contributed by atoms with E-state index in [2.05, 4.69) is 23.5 Å². The maximum atomic E-state index is 13.6. The lowest BCUT2D eigenvalue weighted by atomic mass is 9.85. The molecule has 56 heavy (non-hydrogen) atoms. The van der Waals surface area contributed by atoms with Gasteiger partial charge in [-0.15, -0.1) is 0 Å². The lowest BCUT2D eigenvalue weighted by Crippen LogP contribution is -2.38. The van der Waals surface area contributed by atoms with E-state index in [0.717, 1.165) is 22.4 Å². The summed E-state index contributed by atoms with van der Waals surface area (Å²) in [5.74, 6) is -1.49. The van der Waals surface area contributed by atoms with Gasteiger partial charge < -0.3 is 34.1 Å². The highest BCUT2D eigenvalue weighted by Crippen LogP contribution is 2.33. The molecule has 2 aromatic carbocycles. The predicted octanol–water partition coefficient (Wildman–Crippen LogP) is 8.81. The molecule has 0 saturated carbocycles. The van der Waals surface area contributed by atoms with E-state index in [1.165, 1.54) is 0 Å². The standard InChI is InChI=1S/C45H67N3O8/c1-42(2,3)53-38(49)36(33-19-21-47(28-33)40(51)55-44(7,8)9)25-30-15-13-17-32(23-30)27-46-35-18-14-16-31(24-35)26-37(39(50)54-43(4,5)6)34-20-22-48(29-34)41(52)56-45(10,11)12/h13-18,23-24,33-34,36-37,46H,19-22,25-29H2,1-12H3/t33-,34-,36?,37?/m0/s1. The Bertz CT molecular complexity index is 1560. The van der Waals surface area contributed by atoms with Gasteiger partial charge in [0.05, 0.1) is 11.8 Å². The minimum absolute atomic E-state index is 0.0592. The minimum Gasteiger partial charge on any atom is -0.460 e. The summed E-state index contributed by atoms with van der Waals surface area (Å²) in [4.78, 5) is 56.3. The Morgan fingerprint density at radius 2 is 0.982 bits per heavy atom. The summed E-state index contributed by atoms with van der Waals surface area (Å²) in [6, 6.07) is 16.3. The summed E-state index contributed by atoms with van der Waals surface area (Å²) in [5, 5.41) is 3.55. The first kappa shape index (κ1) is 44.4. The number of nitrogens with zero attached hydrogens (tertiary/aromatic N) is 2. The molecule has 0 aromatic heterocycles. The van der Waals surface area contributed by atoms with Crippen LogP contribution < -0.4 is 5.32 Å². The number of rotatable bonds is 11. The van der Waals surface area contributed by atoms with Crippen LogP contribution in [0.3, 0.4) is 0 Å². The van der Waals surface area contributed by atoms with E-state index in [9.17, 15) is 19.2 Å². The number of ether oxygens (including phenoxy) is 4. The number of likely N-dealkylation sites (tertiary alicyclic amines) is 2. The number of hydrogen-bond acceptors (Lipinski definition) is 9. The number of anilines is 1. The molecule has 0 radical (unpaired) electrons. The molecule has 11 nitrogen and oxygen atoms in total. The molecule has 2 aromatic rings. The van der Waals surface area contributed by atoms with E-state index in [4.69, 9.17) is 18.9 Å². The molecule has 2 unspecified atom stereocenters. The summed E-state index contributed by atoms with van der Waals surface area (Å²) < 4.78 is 23.0. The second-order valence-corrected chi connectivity index (χ2v) is 19.5. The zero-order valence-corrected chi connectivity index (χ0v) is 36.0. The van der Waals surface area contributed by atoms with Crippen molar-refractivity contribution in [3.8, 4) is 0 Å². The van der Waals surface area contributed by atoms with Crippen LogP contribution in [-0.2, 0) is 47.9 Å². The molecule has 0 aliphatic carbocycles. The summed E-state index contributed by atoms with van der Waals surface area (Å²) >= 11 is 0. The zero-order valence-electron chi connectivity index (χ0n) is 36.0. The highest BCUT2D eigenvalue weighted by atomic mass is 16.6. The first-order valence-corrected chi connectivity index (χ1v) is 20.2. The molecule has 2 amide bonds. The van der Waals surface area contributed by atoms with Gasteiger partial charge >= 0.3 is 24.1 Å². The predicted molar refractivity (Wildman–Crippen MR) is 218 cm³/mol. The van der Waals surface area contributed by atoms with Gasteiger partial charge in [-0.05, 0) is 149 Å². The molecule has 0 spiro atoms. The number of esters is 2. The molecule has 2 aliphatic heterocycles. The van der Waals surface area contributed by atoms with Crippen molar-refractivity contribution in [2.75, 3.05) is 31.5 Å². The Kier molecular flexibility index (Phi) is 14.2. The number of amides is 2. The molecule has 2 heterocycles. The fraction of sp³-hybridized carbons (Fsp3) is 0.644. The normalized spacial score (nSPS) is 18.9. The molecule has 0 bridgehead atoms. The number of carbonyl (C=O) groups excluding carboxylic acids is 4. The molecule has 2 fully saturated rings. The average Bonchev–Trinajstić information content (AvgIpc) is 3.74. The third kappa shape index (κ3) is 14.3. The van der Waals surface area contributed by atoms with Crippen molar-refractivity contribution >= 4 is 29.8 Å². The summed E-state index contributed by atoms with van der Waals surface area (Å²) in [7, 11) is 0. The Morgan fingerprint density at radius 1 is 0.589 bits per heavy atom. The lowest BCUT2D eigenvalue weighted by Gasteiger charge is -2.28. The average molecular weight is 778 g/mol. The maximum Gasteiger partial charge on any atom is 0.410 e. The van der Waals surface area contributed by atoms with Gasteiger partial charge in [-0.25, -0.2) is 9.59 Å². The van der Waals surface area contributed by atoms with Crippen molar-refractivity contribution in [3.63, 3.8) is 0 Å². The third-order valence-electron chi connectivity index (χ3n) is 9.64. The highest BCUT2D eigenvalue weighted by molar-refractivity contribution is 5.75. The van der Waals surface area contributed by atoms with E-state index in [1.54, 1.807) is 9.80 Å². The molecule has 2 saturated heterocycles. The largest absolute Gasteiger partial charge is 0.460 e. The van der Waals surface area contributed by atoms with E-state index in [-0.39, 0.29) is 36.0 Å². The Balaban J connectivity index is 1.45. The SMILES string of the molecule is CC(C)(C)OC(=O)C(Cc1cccc(CNc2cccc(CC(C(=O)OC(C)(C)C)[C@H]3CCN(C(=O)OC(C)(C)C)C3)c2)c1)[C@H]1CCN(C(=O)OC(C)(C)C)C1. The van der Waals surface area contributed by atoms with Gasteiger partial charge in [-0.3, -0.25) is 9.59 Å². The van der Waals surface area contributed by atoms with Crippen LogP contribution in [0.15, 0.2) is 48.5 Å². The smallest absolute Gasteiger partial charge is 0.410 e. The van der Waals surface area contributed by atoms with Crippen LogP contribution in [0.25, 0.3) is 0 Å². The molecule has 4 rings (SSSR count). The van der Waals surface area contributed by atoms with Crippen molar-refractivity contribution < 1.29 is 38.1 Å². The Labute approximate surface area is 335 Å². The summed E-state index contributed by atoms with van der Waals surface area (Å²) in [6.07, 6.45) is 1.63. The Morgan fingerprint density at radius 3 is 1.41 bits per heavy atom. The monoisotopic (exact) mass is 777 g/mol. The second-order valence-electron chi connectivity index (χ2n) is 19.5. The number of hydrogen-bond donors (Lipinski definition) is 1. The van der Waals surface area contributed by atoms with Crippen LogP contribution in [0.1, 0.15) is 113 Å². The fourth-order valence-electron chi connectivity index (χ4n) is 7.24. The van der Waals surface area contributed by atoms with Gasteiger partial charge in [-0.2, -0.15) is 0 Å². The first-order valence-electron chi connectivity index (χ1n) is 20.2. The molecule has 4 atom stereocenters. The van der Waals surface area contributed by atoms with Crippen molar-refractivity contribution in [1.82, 2.24) is 9.80 Å². The molecule has 310 valence electrons. The van der Waals surface area contributed by atoms with Crippen molar-refractivity contribution in [3.05, 3.63) is 65.2 Å². The molecule has 2 aliphatic rings. The molecular weight excluding hydrogens is 711 g/mol. The van der Waals surface area contributed by atoms with E-state index < -0.39 is 34.2 Å². The van der Waals surface area contributed by atoms with Gasteiger partial charge in [0.2, 0.25) is 0 Å². The van der Waals surface area contributed by atoms with Gasteiger partial charge in [0.15, 0.2) is 0 Å². The van der Waals surface area contributed by atoms with Crippen LogP contribution >= 0.6 is 0 Å². The fourth-order valence-corrected chi connectivity index (χ4v) is 7.24. The van der Waals surface area contributed by atoms with E-state index >= 15 is 0 Å². The number of carbonyl (C=O) groups is 4. The van der Waals surface area contributed by atoms with Crippen molar-refractivity contribution in [1.29, 1.82) is 0 Å².